The number of pyridine rings is 4. The van der Waals surface area contributed by atoms with Gasteiger partial charge in [-0.25, -0.2) is 4.85 Å². The number of halogens is 3. The zero-order chi connectivity index (χ0) is 61.9. The van der Waals surface area contributed by atoms with E-state index in [2.05, 4.69) is 53.4 Å². The third-order valence-electron chi connectivity index (χ3n) is 17.4. The Bertz CT molecular complexity index is 4990. The van der Waals surface area contributed by atoms with Crippen LogP contribution in [0.2, 0.25) is 0 Å². The molecule has 0 bridgehead atoms. The van der Waals surface area contributed by atoms with Gasteiger partial charge in [0.15, 0.2) is 5.69 Å². The summed E-state index contributed by atoms with van der Waals surface area (Å²) in [6.45, 7) is 8.33. The SMILES string of the molecule is [C-]#[N+]c1cccc(-c2c(-n3c4ccc(-c5cccnc5-c5ccccc5)cc4c4cc(-c5cccnc5-c5ccccc5)ccc43)cc(C(F)(F)F)cc2-n2c3ccc(-c4cccnc4-c4ccccc4)cc3c3cc(-c4cccnc4-c4ccccc4)ccc32)c1. The lowest BCUT2D eigenvalue weighted by molar-refractivity contribution is -0.137. The third kappa shape index (κ3) is 9.64. The van der Waals surface area contributed by atoms with Crippen molar-refractivity contribution in [1.29, 1.82) is 0 Å². The molecule has 16 aromatic rings. The Balaban J connectivity index is 1.01. The van der Waals surface area contributed by atoms with Crippen LogP contribution in [0, 0.1) is 6.57 Å². The summed E-state index contributed by atoms with van der Waals surface area (Å²) in [5.74, 6) is 0. The minimum Gasteiger partial charge on any atom is -0.309 e. The van der Waals surface area contributed by atoms with Crippen LogP contribution in [0.1, 0.15) is 5.56 Å². The number of aromatic nitrogens is 6. The number of benzene rings is 10. The van der Waals surface area contributed by atoms with Crippen molar-refractivity contribution in [2.75, 3.05) is 0 Å². The molecule has 6 heterocycles. The van der Waals surface area contributed by atoms with Crippen molar-refractivity contribution in [2.24, 2.45) is 0 Å². The molecule has 0 atom stereocenters. The van der Waals surface area contributed by atoms with Crippen molar-refractivity contribution in [3.8, 4) is 112 Å². The third-order valence-corrected chi connectivity index (χ3v) is 17.4. The van der Waals surface area contributed by atoms with Crippen molar-refractivity contribution < 1.29 is 13.2 Å². The molecule has 0 radical (unpaired) electrons. The Labute approximate surface area is 527 Å². The van der Waals surface area contributed by atoms with E-state index in [0.29, 0.717) is 38.9 Å². The van der Waals surface area contributed by atoms with E-state index in [1.54, 1.807) is 43.0 Å². The molecule has 10 heteroatoms. The second-order valence-corrected chi connectivity index (χ2v) is 22.7. The molecule has 0 aliphatic carbocycles. The van der Waals surface area contributed by atoms with Crippen LogP contribution in [-0.2, 0) is 6.18 Å². The normalized spacial score (nSPS) is 11.6. The average molecular weight is 1190 g/mol. The number of hydrogen-bond acceptors (Lipinski definition) is 4. The van der Waals surface area contributed by atoms with Crippen LogP contribution in [0.5, 0.6) is 0 Å². The molecule has 0 amide bonds. The van der Waals surface area contributed by atoms with E-state index >= 15 is 13.2 Å². The minimum absolute atomic E-state index is 0.268. The number of rotatable bonds is 11. The predicted molar refractivity (Wildman–Crippen MR) is 366 cm³/mol. The fraction of sp³-hybridized carbons (Fsp3) is 0.0122. The fourth-order valence-corrected chi connectivity index (χ4v) is 13.2. The van der Waals surface area contributed by atoms with Gasteiger partial charge < -0.3 is 9.13 Å². The largest absolute Gasteiger partial charge is 0.416 e. The Hall–Kier alpha value is -12.3. The lowest BCUT2D eigenvalue weighted by Gasteiger charge is -2.23. The molecular weight excluding hydrogens is 1140 g/mol. The van der Waals surface area contributed by atoms with E-state index in [-0.39, 0.29) is 11.4 Å². The first-order valence-electron chi connectivity index (χ1n) is 30.2. The maximum atomic E-state index is 16.5. The van der Waals surface area contributed by atoms with E-state index in [1.807, 2.05) is 209 Å². The van der Waals surface area contributed by atoms with Crippen LogP contribution in [0.3, 0.4) is 0 Å². The summed E-state index contributed by atoms with van der Waals surface area (Å²) in [5, 5.41) is 3.22. The molecule has 0 aliphatic heterocycles. The number of fused-ring (bicyclic) bond motifs is 6. The van der Waals surface area contributed by atoms with Crippen LogP contribution in [0.25, 0.3) is 160 Å². The number of alkyl halides is 3. The highest BCUT2D eigenvalue weighted by Gasteiger charge is 2.35. The zero-order valence-corrected chi connectivity index (χ0v) is 49.1. The van der Waals surface area contributed by atoms with E-state index < -0.39 is 11.7 Å². The summed E-state index contributed by atoms with van der Waals surface area (Å²) >= 11 is 0. The van der Waals surface area contributed by atoms with Gasteiger partial charge in [-0.3, -0.25) is 19.9 Å². The van der Waals surface area contributed by atoms with Crippen molar-refractivity contribution in [1.82, 2.24) is 29.1 Å². The van der Waals surface area contributed by atoms with Gasteiger partial charge in [-0.1, -0.05) is 188 Å². The molecule has 0 N–H and O–H groups in total. The molecule has 434 valence electrons. The molecule has 0 saturated heterocycles. The molecule has 10 aromatic carbocycles. The predicted octanol–water partition coefficient (Wildman–Crippen LogP) is 22.0. The van der Waals surface area contributed by atoms with Gasteiger partial charge in [0.1, 0.15) is 0 Å². The van der Waals surface area contributed by atoms with Gasteiger partial charge in [-0.15, -0.1) is 0 Å². The molecule has 0 unspecified atom stereocenters. The quantitative estimate of drug-likeness (QED) is 0.121. The van der Waals surface area contributed by atoms with E-state index in [1.165, 1.54) is 12.1 Å². The fourth-order valence-electron chi connectivity index (χ4n) is 13.2. The van der Waals surface area contributed by atoms with Crippen LogP contribution in [-0.4, -0.2) is 29.1 Å². The number of nitrogens with zero attached hydrogens (tertiary/aromatic N) is 7. The Kier molecular flexibility index (Phi) is 13.6. The van der Waals surface area contributed by atoms with Gasteiger partial charge >= 0.3 is 6.18 Å². The van der Waals surface area contributed by atoms with Gasteiger partial charge in [-0.2, -0.15) is 13.2 Å². The van der Waals surface area contributed by atoms with Gasteiger partial charge in [0.25, 0.3) is 0 Å². The van der Waals surface area contributed by atoms with Crippen LogP contribution < -0.4 is 0 Å². The van der Waals surface area contributed by atoms with E-state index in [4.69, 9.17) is 26.5 Å². The maximum absolute atomic E-state index is 16.5. The summed E-state index contributed by atoms with van der Waals surface area (Å²) in [4.78, 5) is 23.5. The lowest BCUT2D eigenvalue weighted by Crippen LogP contribution is -2.11. The second-order valence-electron chi connectivity index (χ2n) is 22.7. The second kappa shape index (κ2) is 22.7. The summed E-state index contributed by atoms with van der Waals surface area (Å²) in [5.41, 5.74) is 17.8. The minimum atomic E-state index is -4.83. The Morgan fingerprint density at radius 1 is 0.293 bits per heavy atom. The van der Waals surface area contributed by atoms with Crippen LogP contribution in [0.15, 0.2) is 304 Å². The standard InChI is InChI=1S/C82H50F3N7/c1-86-62-28-14-27-60(45-62)77-75(91-71-37-33-56(63-29-15-41-87-78(63)52-19-6-2-7-20-52)46-67(71)68-47-57(34-38-72(68)91)64-30-16-42-88-79(64)53-21-8-3-9-22-53)50-61(82(83,84)85)51-76(77)92-73-39-35-58(65-31-17-43-89-80(65)54-23-10-4-11-24-54)48-69(73)70-49-59(36-40-74(70)92)66-32-18-44-90-81(66)55-25-12-5-13-26-55/h2-51H. The smallest absolute Gasteiger partial charge is 0.309 e. The molecule has 0 aliphatic rings. The lowest BCUT2D eigenvalue weighted by atomic mass is 9.96. The van der Waals surface area contributed by atoms with Crippen molar-refractivity contribution in [3.63, 3.8) is 0 Å². The summed E-state index contributed by atoms with van der Waals surface area (Å²) < 4.78 is 53.5. The highest BCUT2D eigenvalue weighted by atomic mass is 19.4. The molecule has 0 spiro atoms. The van der Waals surface area contributed by atoms with Crippen molar-refractivity contribution >= 4 is 49.3 Å². The molecule has 0 saturated carbocycles. The monoisotopic (exact) mass is 1190 g/mol. The topological polar surface area (TPSA) is 65.8 Å². The molecule has 0 fully saturated rings. The van der Waals surface area contributed by atoms with Crippen molar-refractivity contribution in [3.05, 3.63) is 321 Å². The molecule has 16 rings (SSSR count). The summed E-state index contributed by atoms with van der Waals surface area (Å²) in [6, 6.07) is 90.5. The van der Waals surface area contributed by atoms with Crippen molar-refractivity contribution in [2.45, 2.75) is 6.18 Å². The Morgan fingerprint density at radius 2 is 0.598 bits per heavy atom. The Morgan fingerprint density at radius 3 is 0.891 bits per heavy atom. The highest BCUT2D eigenvalue weighted by molar-refractivity contribution is 6.15. The molecular formula is C82H50F3N7. The van der Waals surface area contributed by atoms with E-state index in [0.717, 1.165) is 111 Å². The maximum Gasteiger partial charge on any atom is 0.416 e. The molecule has 7 nitrogen and oxygen atoms in total. The van der Waals surface area contributed by atoms with Gasteiger partial charge in [0, 0.05) is 96.4 Å². The van der Waals surface area contributed by atoms with Crippen LogP contribution >= 0.6 is 0 Å². The first kappa shape index (κ1) is 55.0. The molecule has 92 heavy (non-hydrogen) atoms. The van der Waals surface area contributed by atoms with Gasteiger partial charge in [0.05, 0.1) is 68.4 Å². The summed E-state index contributed by atoms with van der Waals surface area (Å²) in [7, 11) is 0. The van der Waals surface area contributed by atoms with E-state index in [9.17, 15) is 0 Å². The van der Waals surface area contributed by atoms with Crippen LogP contribution in [0.4, 0.5) is 18.9 Å². The first-order chi connectivity index (χ1) is 45.2. The number of hydrogen-bond donors (Lipinski definition) is 0. The van der Waals surface area contributed by atoms with Gasteiger partial charge in [0.2, 0.25) is 0 Å². The summed E-state index contributed by atoms with van der Waals surface area (Å²) in [6.07, 6.45) is 2.32. The first-order valence-corrected chi connectivity index (χ1v) is 30.2. The molecule has 6 aromatic heterocycles. The zero-order valence-electron chi connectivity index (χ0n) is 49.1. The van der Waals surface area contributed by atoms with Gasteiger partial charge in [-0.05, 0) is 119 Å². The average Bonchev–Trinajstić information content (AvgIpc) is 1.58. The highest BCUT2D eigenvalue weighted by Crippen LogP contribution is 2.49.